The Hall–Kier alpha value is -2.05. The molecule has 3 heterocycles. The second kappa shape index (κ2) is 8.83. The number of benzene rings is 1. The normalized spacial score (nSPS) is 28.6. The number of nitrogens with zero attached hydrogens (tertiary/aromatic N) is 1. The average molecular weight is 429 g/mol. The van der Waals surface area contributed by atoms with Gasteiger partial charge in [0.1, 0.15) is 11.2 Å². The number of esters is 1. The quantitative estimate of drug-likeness (QED) is 0.678. The molecule has 0 spiro atoms. The van der Waals surface area contributed by atoms with Gasteiger partial charge in [-0.2, -0.15) is 0 Å². The summed E-state index contributed by atoms with van der Waals surface area (Å²) < 4.78 is 16.2. The van der Waals surface area contributed by atoms with Crippen LogP contribution in [-0.2, 0) is 26.1 Å². The predicted octanol–water partition coefficient (Wildman–Crippen LogP) is 3.92. The lowest BCUT2D eigenvalue weighted by atomic mass is 9.66. The van der Waals surface area contributed by atoms with E-state index in [2.05, 4.69) is 35.9 Å². The number of fused-ring (bicyclic) bond motifs is 6. The molecule has 6 heteroatoms. The third-order valence-corrected chi connectivity index (χ3v) is 7.67. The Morgan fingerprint density at radius 2 is 2.13 bits per heavy atom. The summed E-state index contributed by atoms with van der Waals surface area (Å²) >= 11 is 0. The Labute approximate surface area is 185 Å². The molecular weight excluding hydrogens is 392 g/mol. The van der Waals surface area contributed by atoms with Gasteiger partial charge in [-0.05, 0) is 68.2 Å². The highest BCUT2D eigenvalue weighted by molar-refractivity contribution is 5.92. The highest BCUT2D eigenvalue weighted by Crippen LogP contribution is 2.48. The number of hydrogen-bond acceptors (Lipinski definition) is 5. The van der Waals surface area contributed by atoms with E-state index in [1.807, 2.05) is 6.07 Å². The Morgan fingerprint density at radius 1 is 1.32 bits per heavy atom. The Kier molecular flexibility index (Phi) is 6.31. The van der Waals surface area contributed by atoms with Crippen LogP contribution in [0.5, 0.6) is 5.75 Å². The topological polar surface area (TPSA) is 63.8 Å². The second-order valence-corrected chi connectivity index (χ2v) is 9.47. The van der Waals surface area contributed by atoms with E-state index in [1.54, 1.807) is 14.2 Å². The molecule has 4 unspecified atom stereocenters. The Balaban J connectivity index is 1.79. The van der Waals surface area contributed by atoms with Crippen molar-refractivity contribution < 1.29 is 19.0 Å². The third kappa shape index (κ3) is 3.74. The van der Waals surface area contributed by atoms with Crippen LogP contribution in [-0.4, -0.2) is 62.9 Å². The molecule has 1 N–H and O–H groups in total. The fourth-order valence-electron chi connectivity index (χ4n) is 6.04. The van der Waals surface area contributed by atoms with E-state index < -0.39 is 5.41 Å². The first-order chi connectivity index (χ1) is 14.9. The summed E-state index contributed by atoms with van der Waals surface area (Å²) in [5.74, 6) is 1.71. The molecule has 0 radical (unpaired) electrons. The SMILES string of the molecule is COCCC(C)C[C@@H]1CN2CCc3c([nH]c4ccc(OC)cc34)C(C(=O)OC)(C1)C2C. The van der Waals surface area contributed by atoms with Crippen molar-refractivity contribution in [3.63, 3.8) is 0 Å². The molecule has 4 rings (SSSR count). The average Bonchev–Trinajstić information content (AvgIpc) is 3.12. The number of carbonyl (C=O) groups excluding carboxylic acids is 1. The molecule has 1 aromatic heterocycles. The van der Waals surface area contributed by atoms with Crippen LogP contribution < -0.4 is 4.74 Å². The van der Waals surface area contributed by atoms with Crippen LogP contribution in [0.25, 0.3) is 10.9 Å². The maximum Gasteiger partial charge on any atom is 0.319 e. The van der Waals surface area contributed by atoms with Crippen LogP contribution in [0.15, 0.2) is 18.2 Å². The second-order valence-electron chi connectivity index (χ2n) is 9.47. The number of aromatic nitrogens is 1. The van der Waals surface area contributed by atoms with Crippen molar-refractivity contribution in [3.8, 4) is 5.75 Å². The van der Waals surface area contributed by atoms with Gasteiger partial charge in [-0.1, -0.05) is 6.92 Å². The molecule has 1 saturated heterocycles. The fraction of sp³-hybridized carbons (Fsp3) is 0.640. The first-order valence-electron chi connectivity index (χ1n) is 11.4. The van der Waals surface area contributed by atoms with Crippen molar-refractivity contribution in [3.05, 3.63) is 29.5 Å². The van der Waals surface area contributed by atoms with Gasteiger partial charge in [0.15, 0.2) is 0 Å². The summed E-state index contributed by atoms with van der Waals surface area (Å²) in [6.07, 6.45) is 3.86. The summed E-state index contributed by atoms with van der Waals surface area (Å²) in [4.78, 5) is 19.7. The molecule has 2 bridgehead atoms. The molecule has 2 aliphatic heterocycles. The highest BCUT2D eigenvalue weighted by Gasteiger charge is 2.56. The third-order valence-electron chi connectivity index (χ3n) is 7.67. The molecule has 0 aliphatic carbocycles. The minimum Gasteiger partial charge on any atom is -0.497 e. The number of aromatic amines is 1. The minimum atomic E-state index is -0.684. The molecule has 6 nitrogen and oxygen atoms in total. The van der Waals surface area contributed by atoms with Gasteiger partial charge in [-0.15, -0.1) is 0 Å². The van der Waals surface area contributed by atoms with Gasteiger partial charge in [0.25, 0.3) is 0 Å². The molecule has 170 valence electrons. The number of ether oxygens (including phenoxy) is 3. The summed E-state index contributed by atoms with van der Waals surface area (Å²) in [6.45, 7) is 7.25. The van der Waals surface area contributed by atoms with Gasteiger partial charge in [0, 0.05) is 49.4 Å². The van der Waals surface area contributed by atoms with Crippen molar-refractivity contribution in [2.45, 2.75) is 51.0 Å². The zero-order valence-corrected chi connectivity index (χ0v) is 19.5. The van der Waals surface area contributed by atoms with Gasteiger partial charge in [-0.25, -0.2) is 0 Å². The van der Waals surface area contributed by atoms with E-state index in [4.69, 9.17) is 14.2 Å². The number of methoxy groups -OCH3 is 3. The number of rotatable bonds is 7. The van der Waals surface area contributed by atoms with E-state index in [0.29, 0.717) is 11.8 Å². The number of nitrogens with one attached hydrogen (secondary N) is 1. The van der Waals surface area contributed by atoms with E-state index in [0.717, 1.165) is 67.7 Å². The maximum absolute atomic E-state index is 13.5. The van der Waals surface area contributed by atoms with Gasteiger partial charge in [0.05, 0.1) is 14.2 Å². The van der Waals surface area contributed by atoms with Crippen molar-refractivity contribution in [1.82, 2.24) is 9.88 Å². The monoisotopic (exact) mass is 428 g/mol. The zero-order chi connectivity index (χ0) is 22.2. The highest BCUT2D eigenvalue weighted by atomic mass is 16.5. The smallest absolute Gasteiger partial charge is 0.319 e. The summed E-state index contributed by atoms with van der Waals surface area (Å²) in [5, 5.41) is 1.16. The van der Waals surface area contributed by atoms with Gasteiger partial charge in [0.2, 0.25) is 0 Å². The van der Waals surface area contributed by atoms with E-state index in [1.165, 1.54) is 12.7 Å². The van der Waals surface area contributed by atoms with E-state index in [-0.39, 0.29) is 12.0 Å². The lowest BCUT2D eigenvalue weighted by Crippen LogP contribution is -2.59. The number of carbonyl (C=O) groups is 1. The lowest BCUT2D eigenvalue weighted by molar-refractivity contribution is -0.154. The van der Waals surface area contributed by atoms with Gasteiger partial charge in [-0.3, -0.25) is 9.69 Å². The summed E-state index contributed by atoms with van der Waals surface area (Å²) in [5.41, 5.74) is 2.66. The molecule has 0 saturated carbocycles. The number of piperidine rings is 1. The minimum absolute atomic E-state index is 0.0849. The summed E-state index contributed by atoms with van der Waals surface area (Å²) in [6, 6.07) is 6.21. The van der Waals surface area contributed by atoms with Gasteiger partial charge >= 0.3 is 5.97 Å². The van der Waals surface area contributed by atoms with Crippen LogP contribution in [0.3, 0.4) is 0 Å². The fourth-order valence-corrected chi connectivity index (χ4v) is 6.04. The molecule has 1 aromatic carbocycles. The van der Waals surface area contributed by atoms with Crippen molar-refractivity contribution in [2.24, 2.45) is 11.8 Å². The standard InChI is InChI=1S/C25H36N2O4/c1-16(9-11-29-3)12-18-14-25(24(28)31-5)17(2)27(15-18)10-8-20-21-13-19(30-4)6-7-22(21)26-23(20)25/h6-7,13,16-18,26H,8-12,14-15H2,1-5H3/t16?,17?,18-,25?/m0/s1. The zero-order valence-electron chi connectivity index (χ0n) is 19.5. The Morgan fingerprint density at radius 3 is 2.84 bits per heavy atom. The molecular formula is C25H36N2O4. The molecule has 2 aromatic rings. The van der Waals surface area contributed by atoms with Crippen LogP contribution in [0.4, 0.5) is 0 Å². The van der Waals surface area contributed by atoms with Crippen molar-refractivity contribution >= 4 is 16.9 Å². The van der Waals surface area contributed by atoms with Crippen LogP contribution in [0.1, 0.15) is 44.4 Å². The molecule has 31 heavy (non-hydrogen) atoms. The maximum atomic E-state index is 13.5. The molecule has 5 atom stereocenters. The molecule has 1 fully saturated rings. The van der Waals surface area contributed by atoms with E-state index >= 15 is 0 Å². The van der Waals surface area contributed by atoms with Crippen molar-refractivity contribution in [1.29, 1.82) is 0 Å². The number of H-pyrrole nitrogens is 1. The molecule has 2 aliphatic rings. The predicted molar refractivity (Wildman–Crippen MR) is 122 cm³/mol. The van der Waals surface area contributed by atoms with Crippen LogP contribution >= 0.6 is 0 Å². The van der Waals surface area contributed by atoms with Gasteiger partial charge < -0.3 is 19.2 Å². The first kappa shape index (κ1) is 22.2. The first-order valence-corrected chi connectivity index (χ1v) is 11.4. The van der Waals surface area contributed by atoms with Crippen LogP contribution in [0.2, 0.25) is 0 Å². The molecule has 0 amide bonds. The largest absolute Gasteiger partial charge is 0.497 e. The van der Waals surface area contributed by atoms with Crippen LogP contribution in [0, 0.1) is 11.8 Å². The summed E-state index contributed by atoms with van der Waals surface area (Å²) in [7, 11) is 4.97. The van der Waals surface area contributed by atoms with E-state index in [9.17, 15) is 4.79 Å². The lowest BCUT2D eigenvalue weighted by Gasteiger charge is -2.48. The number of hydrogen-bond donors (Lipinski definition) is 1. The van der Waals surface area contributed by atoms with Crippen molar-refractivity contribution in [2.75, 3.05) is 41.0 Å². The Bertz CT molecular complexity index is 939.